The normalized spacial score (nSPS) is 25.5. The molecule has 2 fully saturated rings. The van der Waals surface area contributed by atoms with E-state index in [0.717, 1.165) is 0 Å². The van der Waals surface area contributed by atoms with Crippen molar-refractivity contribution in [2.45, 2.75) is 50.7 Å². The molecule has 2 unspecified atom stereocenters. The molecular formula is C21H22F3N3O4. The fourth-order valence-corrected chi connectivity index (χ4v) is 5.03. The van der Waals surface area contributed by atoms with Crippen LogP contribution in [0.15, 0.2) is 21.2 Å². The number of aliphatic hydroxyl groups is 1. The molecule has 3 N–H and O–H groups in total. The molecule has 1 saturated heterocycles. The smallest absolute Gasteiger partial charge is 0.329 e. The fourth-order valence-electron chi connectivity index (χ4n) is 5.03. The highest BCUT2D eigenvalue weighted by atomic mass is 19.3. The maximum Gasteiger partial charge on any atom is 0.329 e. The molecule has 1 aromatic carbocycles. The van der Waals surface area contributed by atoms with E-state index in [4.69, 9.17) is 0 Å². The quantitative estimate of drug-likeness (QED) is 0.627. The molecular weight excluding hydrogens is 415 g/mol. The summed E-state index contributed by atoms with van der Waals surface area (Å²) in [5.74, 6) is -6.05. The van der Waals surface area contributed by atoms with Crippen LogP contribution in [0.4, 0.5) is 18.9 Å². The van der Waals surface area contributed by atoms with Gasteiger partial charge in [0.05, 0.1) is 11.2 Å². The van der Waals surface area contributed by atoms with Crippen LogP contribution in [0.3, 0.4) is 0 Å². The zero-order chi connectivity index (χ0) is 22.2. The van der Waals surface area contributed by atoms with Crippen LogP contribution in [0.5, 0.6) is 5.75 Å². The Bertz CT molecular complexity index is 1250. The Morgan fingerprint density at radius 1 is 1.26 bits per heavy atom. The Balaban J connectivity index is 1.70. The molecule has 2 aliphatic carbocycles. The van der Waals surface area contributed by atoms with Gasteiger partial charge in [-0.2, -0.15) is 0 Å². The van der Waals surface area contributed by atoms with Gasteiger partial charge < -0.3 is 15.1 Å². The number of nitrogens with one attached hydrogen (secondary N) is 1. The van der Waals surface area contributed by atoms with Crippen LogP contribution in [-0.4, -0.2) is 44.9 Å². The molecule has 1 aromatic heterocycles. The summed E-state index contributed by atoms with van der Waals surface area (Å²) in [5.41, 5.74) is -0.546. The van der Waals surface area contributed by atoms with Crippen molar-refractivity contribution in [1.29, 1.82) is 0 Å². The van der Waals surface area contributed by atoms with Gasteiger partial charge in [-0.3, -0.25) is 14.3 Å². The number of hydrogen-bond acceptors (Lipinski definition) is 5. The van der Waals surface area contributed by atoms with Crippen LogP contribution in [0.1, 0.15) is 37.3 Å². The zero-order valence-electron chi connectivity index (χ0n) is 16.8. The van der Waals surface area contributed by atoms with E-state index in [1.807, 2.05) is 0 Å². The fraction of sp³-hybridized carbons (Fsp3) is 0.524. The SMILES string of the molecule is Cc1c(N2CC3=CCCC(F)(F)C(O)C3C2)c(F)c(O)c2c(=O)[nH]c(=O)n(C3CC3)c12. The molecule has 5 rings (SSSR count). The number of phenols is 1. The number of phenolic OH excluding ortho intramolecular Hbond substituents is 1. The van der Waals surface area contributed by atoms with Crippen molar-refractivity contribution in [3.8, 4) is 5.75 Å². The Kier molecular flexibility index (Phi) is 4.31. The monoisotopic (exact) mass is 437 g/mol. The van der Waals surface area contributed by atoms with Crippen LogP contribution >= 0.6 is 0 Å². The largest absolute Gasteiger partial charge is 0.504 e. The number of aromatic hydroxyl groups is 1. The van der Waals surface area contributed by atoms with Crippen LogP contribution in [-0.2, 0) is 0 Å². The van der Waals surface area contributed by atoms with E-state index in [0.29, 0.717) is 18.4 Å². The highest BCUT2D eigenvalue weighted by molar-refractivity contribution is 5.92. The van der Waals surface area contributed by atoms with E-state index in [1.165, 1.54) is 9.47 Å². The van der Waals surface area contributed by atoms with Crippen molar-refractivity contribution in [2.75, 3.05) is 18.0 Å². The summed E-state index contributed by atoms with van der Waals surface area (Å²) in [6.45, 7) is 1.59. The molecule has 2 heterocycles. The van der Waals surface area contributed by atoms with Crippen molar-refractivity contribution >= 4 is 16.6 Å². The number of benzene rings is 1. The summed E-state index contributed by atoms with van der Waals surface area (Å²) in [6.07, 6.45) is 0.853. The van der Waals surface area contributed by atoms with Gasteiger partial charge in [-0.15, -0.1) is 0 Å². The molecule has 3 aliphatic rings. The third-order valence-electron chi connectivity index (χ3n) is 6.70. The van der Waals surface area contributed by atoms with Gasteiger partial charge in [0, 0.05) is 37.0 Å². The van der Waals surface area contributed by atoms with Gasteiger partial charge in [-0.25, -0.2) is 18.0 Å². The van der Waals surface area contributed by atoms with Gasteiger partial charge in [-0.1, -0.05) is 6.08 Å². The molecule has 31 heavy (non-hydrogen) atoms. The predicted octanol–water partition coefficient (Wildman–Crippen LogP) is 2.33. The highest BCUT2D eigenvalue weighted by Gasteiger charge is 2.48. The van der Waals surface area contributed by atoms with Crippen molar-refractivity contribution < 1.29 is 23.4 Å². The summed E-state index contributed by atoms with van der Waals surface area (Å²) < 4.78 is 45.1. The Labute approximate surface area is 174 Å². The second-order valence-corrected chi connectivity index (χ2v) is 8.73. The summed E-state index contributed by atoms with van der Waals surface area (Å²) in [6, 6.07) is -0.156. The number of nitrogens with zero attached hydrogens (tertiary/aromatic N) is 2. The molecule has 0 bridgehead atoms. The Morgan fingerprint density at radius 3 is 2.65 bits per heavy atom. The number of aromatic nitrogens is 2. The van der Waals surface area contributed by atoms with Crippen LogP contribution in [0.2, 0.25) is 0 Å². The van der Waals surface area contributed by atoms with E-state index in [9.17, 15) is 28.6 Å². The van der Waals surface area contributed by atoms with Crippen molar-refractivity contribution in [1.82, 2.24) is 9.55 Å². The summed E-state index contributed by atoms with van der Waals surface area (Å²) in [4.78, 5) is 28.5. The molecule has 1 aliphatic heterocycles. The Hall–Kier alpha value is -2.75. The molecule has 0 amide bonds. The number of alkyl halides is 2. The van der Waals surface area contributed by atoms with Crippen LogP contribution in [0, 0.1) is 18.7 Å². The minimum Gasteiger partial charge on any atom is -0.504 e. The average Bonchev–Trinajstić information content (AvgIpc) is 3.46. The lowest BCUT2D eigenvalue weighted by Gasteiger charge is -2.27. The first-order valence-corrected chi connectivity index (χ1v) is 10.3. The molecule has 2 atom stereocenters. The molecule has 0 radical (unpaired) electrons. The zero-order valence-corrected chi connectivity index (χ0v) is 16.8. The lowest BCUT2D eigenvalue weighted by atomic mass is 9.94. The molecule has 1 saturated carbocycles. The lowest BCUT2D eigenvalue weighted by Crippen LogP contribution is -2.40. The van der Waals surface area contributed by atoms with Gasteiger partial charge in [0.25, 0.3) is 11.5 Å². The van der Waals surface area contributed by atoms with Gasteiger partial charge in [0.1, 0.15) is 11.5 Å². The lowest BCUT2D eigenvalue weighted by molar-refractivity contribution is -0.124. The van der Waals surface area contributed by atoms with E-state index >= 15 is 4.39 Å². The molecule has 0 spiro atoms. The number of anilines is 1. The number of aryl methyl sites for hydroxylation is 1. The summed E-state index contributed by atoms with van der Waals surface area (Å²) in [7, 11) is 0. The second-order valence-electron chi connectivity index (χ2n) is 8.73. The minimum absolute atomic E-state index is 0.0473. The number of aliphatic hydroxyl groups excluding tert-OH is 1. The number of halogens is 3. The maximum atomic E-state index is 15.3. The number of aromatic amines is 1. The summed E-state index contributed by atoms with van der Waals surface area (Å²) >= 11 is 0. The summed E-state index contributed by atoms with van der Waals surface area (Å²) in [5, 5.41) is 20.5. The van der Waals surface area contributed by atoms with Crippen LogP contribution < -0.4 is 16.1 Å². The van der Waals surface area contributed by atoms with Crippen LogP contribution in [0.25, 0.3) is 10.9 Å². The van der Waals surface area contributed by atoms with Gasteiger partial charge in [0.2, 0.25) is 0 Å². The number of H-pyrrole nitrogens is 1. The number of hydrogen-bond donors (Lipinski definition) is 3. The molecule has 2 aromatic rings. The third-order valence-corrected chi connectivity index (χ3v) is 6.70. The van der Waals surface area contributed by atoms with Crippen molar-refractivity contribution in [2.24, 2.45) is 5.92 Å². The van der Waals surface area contributed by atoms with E-state index in [1.54, 1.807) is 13.0 Å². The average molecular weight is 437 g/mol. The first-order valence-electron chi connectivity index (χ1n) is 10.3. The second kappa shape index (κ2) is 6.62. The predicted molar refractivity (Wildman–Crippen MR) is 107 cm³/mol. The first kappa shape index (κ1) is 20.2. The first-order chi connectivity index (χ1) is 14.6. The highest BCUT2D eigenvalue weighted by Crippen LogP contribution is 2.45. The molecule has 166 valence electrons. The molecule has 10 heteroatoms. The van der Waals surface area contributed by atoms with Crippen molar-refractivity contribution in [3.05, 3.63) is 43.9 Å². The van der Waals surface area contributed by atoms with Gasteiger partial charge in [0.15, 0.2) is 11.6 Å². The van der Waals surface area contributed by atoms with Gasteiger partial charge >= 0.3 is 5.69 Å². The Morgan fingerprint density at radius 2 is 1.97 bits per heavy atom. The maximum absolute atomic E-state index is 15.3. The van der Waals surface area contributed by atoms with E-state index in [2.05, 4.69) is 4.98 Å². The minimum atomic E-state index is -3.25. The van der Waals surface area contributed by atoms with E-state index in [-0.39, 0.29) is 47.7 Å². The topological polar surface area (TPSA) is 98.6 Å². The number of fused-ring (bicyclic) bond motifs is 2. The van der Waals surface area contributed by atoms with Gasteiger partial charge in [-0.05, 0) is 31.8 Å². The number of rotatable bonds is 2. The standard InChI is InChI=1S/C21H22F3N3O4/c1-9-15-13(19(30)25-20(31)27(15)11-4-5-11)17(28)14(22)16(9)26-7-10-3-2-6-21(23,24)18(29)12(10)8-26/h3,11-12,18,28-29H,2,4-8H2,1H3,(H,25,30,31). The van der Waals surface area contributed by atoms with Crippen molar-refractivity contribution in [3.63, 3.8) is 0 Å². The van der Waals surface area contributed by atoms with E-state index < -0.39 is 47.2 Å². The number of allylic oxidation sites excluding steroid dienone is 1. The third kappa shape index (κ3) is 2.91. The molecule has 7 nitrogen and oxygen atoms in total.